The molecule has 5 nitrogen and oxygen atoms in total. The summed E-state index contributed by atoms with van der Waals surface area (Å²) in [5.41, 5.74) is 0. The summed E-state index contributed by atoms with van der Waals surface area (Å²) in [7, 11) is 3.50. The predicted molar refractivity (Wildman–Crippen MR) is 51.4 cm³/mol. The predicted octanol–water partition coefficient (Wildman–Crippen LogP) is 0.462. The summed E-state index contributed by atoms with van der Waals surface area (Å²) in [4.78, 5) is 0. The van der Waals surface area contributed by atoms with Gasteiger partial charge >= 0.3 is 0 Å². The Morgan fingerprint density at radius 1 is 1.29 bits per heavy atom. The maximum absolute atomic E-state index is 5.36. The molecule has 1 rings (SSSR count). The number of methoxy groups -OCH3 is 1. The maximum atomic E-state index is 5.36. The molecule has 1 aromatic heterocycles. The van der Waals surface area contributed by atoms with Crippen molar-refractivity contribution in [1.82, 2.24) is 9.78 Å². The van der Waals surface area contributed by atoms with Gasteiger partial charge in [-0.3, -0.25) is 4.68 Å². The molecule has 0 aliphatic rings. The lowest BCUT2D eigenvalue weighted by Crippen LogP contribution is -2.09. The first kappa shape index (κ1) is 11.0. The summed E-state index contributed by atoms with van der Waals surface area (Å²) in [5.74, 6) is 0.767. The van der Waals surface area contributed by atoms with Gasteiger partial charge in [0, 0.05) is 14.2 Å². The van der Waals surface area contributed by atoms with Crippen LogP contribution in [0.5, 0.6) is 5.75 Å². The molecule has 0 spiro atoms. The number of nitrogens with zero attached hydrogens (tertiary/aromatic N) is 2. The number of aryl methyl sites for hydroxylation is 1. The van der Waals surface area contributed by atoms with Crippen LogP contribution in [0.3, 0.4) is 0 Å². The number of hydrogen-bond donors (Lipinski definition) is 0. The van der Waals surface area contributed by atoms with Crippen LogP contribution in [-0.2, 0) is 16.5 Å². The number of hydrogen-bond acceptors (Lipinski definition) is 4. The third kappa shape index (κ3) is 4.25. The lowest BCUT2D eigenvalue weighted by atomic mass is 10.6. The molecule has 0 radical (unpaired) electrons. The van der Waals surface area contributed by atoms with E-state index < -0.39 is 0 Å². The third-order valence-corrected chi connectivity index (χ3v) is 1.61. The van der Waals surface area contributed by atoms with Crippen molar-refractivity contribution in [2.45, 2.75) is 0 Å². The van der Waals surface area contributed by atoms with E-state index in [4.69, 9.17) is 14.2 Å². The average molecular weight is 200 g/mol. The van der Waals surface area contributed by atoms with Gasteiger partial charge in [0.2, 0.25) is 0 Å². The van der Waals surface area contributed by atoms with Gasteiger partial charge in [0.1, 0.15) is 6.61 Å². The Labute approximate surface area is 83.6 Å². The van der Waals surface area contributed by atoms with Crippen LogP contribution in [0.4, 0.5) is 0 Å². The molecule has 1 heterocycles. The van der Waals surface area contributed by atoms with Crippen LogP contribution < -0.4 is 4.74 Å². The SMILES string of the molecule is COCCOCCOc1cnn(C)c1. The summed E-state index contributed by atoms with van der Waals surface area (Å²) >= 11 is 0. The fraction of sp³-hybridized carbons (Fsp3) is 0.667. The first-order chi connectivity index (χ1) is 6.83. The largest absolute Gasteiger partial charge is 0.488 e. The molecule has 0 aromatic carbocycles. The van der Waals surface area contributed by atoms with E-state index in [0.717, 1.165) is 5.75 Å². The fourth-order valence-corrected chi connectivity index (χ4v) is 0.936. The second-order valence-corrected chi connectivity index (χ2v) is 2.80. The van der Waals surface area contributed by atoms with Crippen LogP contribution in [0, 0.1) is 0 Å². The van der Waals surface area contributed by atoms with Gasteiger partial charge in [-0.2, -0.15) is 5.10 Å². The van der Waals surface area contributed by atoms with Crippen LogP contribution in [0.25, 0.3) is 0 Å². The highest BCUT2D eigenvalue weighted by molar-refractivity contribution is 5.10. The number of ether oxygens (including phenoxy) is 3. The van der Waals surface area contributed by atoms with Gasteiger partial charge in [0.05, 0.1) is 32.2 Å². The monoisotopic (exact) mass is 200 g/mol. The number of aromatic nitrogens is 2. The standard InChI is InChI=1S/C9H16N2O3/c1-11-8-9(7-10-11)14-6-5-13-4-3-12-2/h7-8H,3-6H2,1-2H3. The van der Waals surface area contributed by atoms with Crippen LogP contribution in [0.2, 0.25) is 0 Å². The highest BCUT2D eigenvalue weighted by Gasteiger charge is 1.95. The van der Waals surface area contributed by atoms with E-state index in [9.17, 15) is 0 Å². The molecule has 80 valence electrons. The molecule has 1 aromatic rings. The summed E-state index contributed by atoms with van der Waals surface area (Å²) < 4.78 is 17.1. The molecule has 0 bridgehead atoms. The molecule has 0 N–H and O–H groups in total. The Kier molecular flexibility index (Phi) is 5.03. The Morgan fingerprint density at radius 2 is 2.07 bits per heavy atom. The van der Waals surface area contributed by atoms with Gasteiger partial charge in [0.15, 0.2) is 5.75 Å². The van der Waals surface area contributed by atoms with E-state index in [1.807, 2.05) is 13.2 Å². The molecule has 0 aliphatic carbocycles. The topological polar surface area (TPSA) is 45.5 Å². The van der Waals surface area contributed by atoms with Crippen molar-refractivity contribution < 1.29 is 14.2 Å². The minimum absolute atomic E-state index is 0.537. The minimum Gasteiger partial charge on any atom is -0.488 e. The second-order valence-electron chi connectivity index (χ2n) is 2.80. The number of rotatable bonds is 7. The maximum Gasteiger partial charge on any atom is 0.157 e. The van der Waals surface area contributed by atoms with E-state index in [-0.39, 0.29) is 0 Å². The lowest BCUT2D eigenvalue weighted by molar-refractivity contribution is 0.0544. The van der Waals surface area contributed by atoms with E-state index in [1.165, 1.54) is 0 Å². The van der Waals surface area contributed by atoms with Gasteiger partial charge in [-0.1, -0.05) is 0 Å². The zero-order valence-corrected chi connectivity index (χ0v) is 8.60. The molecule has 0 amide bonds. The molecule has 5 heteroatoms. The summed E-state index contributed by atoms with van der Waals surface area (Å²) in [6.45, 7) is 2.33. The van der Waals surface area contributed by atoms with E-state index >= 15 is 0 Å². The summed E-state index contributed by atoms with van der Waals surface area (Å²) in [6.07, 6.45) is 3.49. The second kappa shape index (κ2) is 6.39. The zero-order valence-electron chi connectivity index (χ0n) is 8.60. The first-order valence-electron chi connectivity index (χ1n) is 4.51. The van der Waals surface area contributed by atoms with E-state index in [1.54, 1.807) is 18.0 Å². The Bertz CT molecular complexity index is 250. The first-order valence-corrected chi connectivity index (χ1v) is 4.51. The van der Waals surface area contributed by atoms with Gasteiger partial charge in [-0.05, 0) is 0 Å². The fourth-order valence-electron chi connectivity index (χ4n) is 0.936. The molecule has 0 saturated heterocycles. The molecular weight excluding hydrogens is 184 g/mol. The van der Waals surface area contributed by atoms with E-state index in [2.05, 4.69) is 5.10 Å². The Balaban J connectivity index is 1.99. The van der Waals surface area contributed by atoms with Crippen molar-refractivity contribution in [3.05, 3.63) is 12.4 Å². The normalized spacial score (nSPS) is 10.4. The molecule has 0 atom stereocenters. The Morgan fingerprint density at radius 3 is 2.71 bits per heavy atom. The van der Waals surface area contributed by atoms with Crippen molar-refractivity contribution in [2.75, 3.05) is 33.5 Å². The smallest absolute Gasteiger partial charge is 0.157 e. The third-order valence-electron chi connectivity index (χ3n) is 1.61. The summed E-state index contributed by atoms with van der Waals surface area (Å²) in [6, 6.07) is 0. The lowest BCUT2D eigenvalue weighted by Gasteiger charge is -2.04. The van der Waals surface area contributed by atoms with Crippen LogP contribution >= 0.6 is 0 Å². The molecule has 0 fully saturated rings. The molecule has 14 heavy (non-hydrogen) atoms. The average Bonchev–Trinajstić information content (AvgIpc) is 2.58. The van der Waals surface area contributed by atoms with Crippen molar-refractivity contribution >= 4 is 0 Å². The van der Waals surface area contributed by atoms with Gasteiger partial charge in [0.25, 0.3) is 0 Å². The van der Waals surface area contributed by atoms with Crippen molar-refractivity contribution in [3.8, 4) is 5.75 Å². The molecular formula is C9H16N2O3. The van der Waals surface area contributed by atoms with Crippen molar-refractivity contribution in [3.63, 3.8) is 0 Å². The highest BCUT2D eigenvalue weighted by Crippen LogP contribution is 2.05. The Hall–Kier alpha value is -1.07. The summed E-state index contributed by atoms with van der Waals surface area (Å²) in [5, 5.41) is 3.98. The van der Waals surface area contributed by atoms with Gasteiger partial charge in [-0.15, -0.1) is 0 Å². The van der Waals surface area contributed by atoms with Crippen LogP contribution in [-0.4, -0.2) is 43.3 Å². The molecule has 0 aliphatic heterocycles. The van der Waals surface area contributed by atoms with Gasteiger partial charge < -0.3 is 14.2 Å². The highest BCUT2D eigenvalue weighted by atomic mass is 16.5. The van der Waals surface area contributed by atoms with Crippen molar-refractivity contribution in [1.29, 1.82) is 0 Å². The molecule has 0 saturated carbocycles. The van der Waals surface area contributed by atoms with Gasteiger partial charge in [-0.25, -0.2) is 0 Å². The van der Waals surface area contributed by atoms with Crippen LogP contribution in [0.1, 0.15) is 0 Å². The zero-order chi connectivity index (χ0) is 10.2. The molecule has 0 unspecified atom stereocenters. The van der Waals surface area contributed by atoms with Crippen molar-refractivity contribution in [2.24, 2.45) is 7.05 Å². The minimum atomic E-state index is 0.537. The van der Waals surface area contributed by atoms with E-state index in [0.29, 0.717) is 26.4 Å². The quantitative estimate of drug-likeness (QED) is 0.600. The van der Waals surface area contributed by atoms with Crippen LogP contribution in [0.15, 0.2) is 12.4 Å².